The maximum atomic E-state index is 12.5. The molecule has 0 spiro atoms. The number of benzene rings is 1. The molecule has 1 aliphatic heterocycles. The highest BCUT2D eigenvalue weighted by molar-refractivity contribution is 5.79. The molecule has 1 aromatic carbocycles. The molecule has 3 heterocycles. The molecule has 1 aliphatic rings. The molecule has 1 fully saturated rings. The Labute approximate surface area is 156 Å². The van der Waals surface area contributed by atoms with Crippen molar-refractivity contribution in [2.75, 3.05) is 13.2 Å². The number of nitrogens with zero attached hydrogens (tertiary/aromatic N) is 3. The van der Waals surface area contributed by atoms with Crippen LogP contribution in [0.3, 0.4) is 0 Å². The van der Waals surface area contributed by atoms with Gasteiger partial charge < -0.3 is 10.1 Å². The second-order valence-corrected chi connectivity index (χ2v) is 6.73. The van der Waals surface area contributed by atoms with Crippen LogP contribution in [0, 0.1) is 5.92 Å². The van der Waals surface area contributed by atoms with Crippen LogP contribution < -0.4 is 10.9 Å². The summed E-state index contributed by atoms with van der Waals surface area (Å²) in [5.41, 5.74) is 1.57. The van der Waals surface area contributed by atoms with Crippen LogP contribution in [-0.2, 0) is 22.5 Å². The molecule has 138 valence electrons. The van der Waals surface area contributed by atoms with E-state index in [-0.39, 0.29) is 30.0 Å². The number of rotatable bonds is 5. The second-order valence-electron chi connectivity index (χ2n) is 6.73. The van der Waals surface area contributed by atoms with E-state index in [1.54, 1.807) is 30.6 Å². The molecule has 0 unspecified atom stereocenters. The van der Waals surface area contributed by atoms with Gasteiger partial charge in [-0.15, -0.1) is 0 Å². The summed E-state index contributed by atoms with van der Waals surface area (Å²) in [4.78, 5) is 33.3. The predicted octanol–water partition coefficient (Wildman–Crippen LogP) is 1.17. The van der Waals surface area contributed by atoms with Crippen LogP contribution in [0.1, 0.15) is 5.56 Å². The molecule has 27 heavy (non-hydrogen) atoms. The van der Waals surface area contributed by atoms with Crippen LogP contribution in [0.4, 0.5) is 0 Å². The minimum Gasteiger partial charge on any atom is -0.379 e. The lowest BCUT2D eigenvalue weighted by molar-refractivity contribution is -0.122. The summed E-state index contributed by atoms with van der Waals surface area (Å²) < 4.78 is 6.90. The van der Waals surface area contributed by atoms with E-state index in [4.69, 9.17) is 4.74 Å². The van der Waals surface area contributed by atoms with Crippen LogP contribution in [-0.4, -0.2) is 39.7 Å². The first kappa shape index (κ1) is 17.4. The highest BCUT2D eigenvalue weighted by Gasteiger charge is 2.29. The highest BCUT2D eigenvalue weighted by atomic mass is 16.5. The zero-order valence-electron chi connectivity index (χ0n) is 14.7. The lowest BCUT2D eigenvalue weighted by Gasteiger charge is -2.19. The molecule has 2 atom stereocenters. The van der Waals surface area contributed by atoms with Crippen LogP contribution >= 0.6 is 0 Å². The van der Waals surface area contributed by atoms with E-state index >= 15 is 0 Å². The highest BCUT2D eigenvalue weighted by Crippen LogP contribution is 2.19. The quantitative estimate of drug-likeness (QED) is 0.734. The molecule has 1 N–H and O–H groups in total. The third-order valence-electron chi connectivity index (χ3n) is 4.84. The first-order valence-corrected chi connectivity index (χ1v) is 8.91. The first-order valence-electron chi connectivity index (χ1n) is 8.91. The van der Waals surface area contributed by atoms with Gasteiger partial charge in [0.25, 0.3) is 5.56 Å². The molecule has 1 amide bonds. The van der Waals surface area contributed by atoms with E-state index in [1.165, 1.54) is 10.9 Å². The van der Waals surface area contributed by atoms with Gasteiger partial charge in [0.2, 0.25) is 5.91 Å². The van der Waals surface area contributed by atoms with Gasteiger partial charge in [0.1, 0.15) is 6.54 Å². The smallest absolute Gasteiger partial charge is 0.261 e. The molecule has 7 nitrogen and oxygen atoms in total. The van der Waals surface area contributed by atoms with Crippen molar-refractivity contribution in [1.82, 2.24) is 19.9 Å². The molecule has 0 bridgehead atoms. The van der Waals surface area contributed by atoms with Gasteiger partial charge in [-0.25, -0.2) is 4.98 Å². The molecule has 0 saturated carbocycles. The summed E-state index contributed by atoms with van der Waals surface area (Å²) in [6.45, 7) is 1.02. The van der Waals surface area contributed by atoms with Crippen LogP contribution in [0.2, 0.25) is 0 Å². The van der Waals surface area contributed by atoms with Crippen LogP contribution in [0.25, 0.3) is 10.9 Å². The maximum Gasteiger partial charge on any atom is 0.261 e. The lowest BCUT2D eigenvalue weighted by Crippen LogP contribution is -2.43. The summed E-state index contributed by atoms with van der Waals surface area (Å²) in [6, 6.07) is 11.0. The van der Waals surface area contributed by atoms with E-state index in [9.17, 15) is 9.59 Å². The fraction of sp³-hybridized carbons (Fsp3) is 0.300. The number of aromatic nitrogens is 3. The normalized spacial score (nSPS) is 19.3. The van der Waals surface area contributed by atoms with Crippen molar-refractivity contribution in [1.29, 1.82) is 0 Å². The fourth-order valence-corrected chi connectivity index (χ4v) is 3.41. The van der Waals surface area contributed by atoms with E-state index < -0.39 is 0 Å². The Hall–Kier alpha value is -3.06. The predicted molar refractivity (Wildman–Crippen MR) is 100 cm³/mol. The molecular formula is C20H20N4O3. The minimum absolute atomic E-state index is 0.0604. The van der Waals surface area contributed by atoms with Crippen molar-refractivity contribution in [3.63, 3.8) is 0 Å². The SMILES string of the molecule is O=C(Cn1cnc2ccccc2c1=O)N[C@H]1COC[C@H]1Cc1ccncc1. The van der Waals surface area contributed by atoms with E-state index in [2.05, 4.69) is 15.3 Å². The van der Waals surface area contributed by atoms with E-state index in [1.807, 2.05) is 18.2 Å². The summed E-state index contributed by atoms with van der Waals surface area (Å²) in [5, 5.41) is 3.51. The van der Waals surface area contributed by atoms with Gasteiger partial charge in [0.15, 0.2) is 0 Å². The van der Waals surface area contributed by atoms with E-state index in [0.29, 0.717) is 24.1 Å². The van der Waals surface area contributed by atoms with Crippen LogP contribution in [0.5, 0.6) is 0 Å². The number of para-hydroxylation sites is 1. The van der Waals surface area contributed by atoms with Gasteiger partial charge in [0.05, 0.1) is 36.5 Å². The molecule has 4 rings (SSSR count). The van der Waals surface area contributed by atoms with E-state index in [0.717, 1.165) is 12.0 Å². The molecule has 0 aliphatic carbocycles. The number of carbonyl (C=O) groups is 1. The van der Waals surface area contributed by atoms with Gasteiger partial charge >= 0.3 is 0 Å². The fourth-order valence-electron chi connectivity index (χ4n) is 3.41. The summed E-state index contributed by atoms with van der Waals surface area (Å²) in [7, 11) is 0. The topological polar surface area (TPSA) is 86.1 Å². The van der Waals surface area contributed by atoms with Gasteiger partial charge in [-0.05, 0) is 36.2 Å². The number of ether oxygens (including phenoxy) is 1. The van der Waals surface area contributed by atoms with Crippen molar-refractivity contribution in [2.24, 2.45) is 5.92 Å². The first-order chi connectivity index (χ1) is 13.2. The van der Waals surface area contributed by atoms with Crippen LogP contribution in [0.15, 0.2) is 59.9 Å². The molecule has 0 radical (unpaired) electrons. The zero-order chi connectivity index (χ0) is 18.6. The summed E-state index contributed by atoms with van der Waals surface area (Å²) in [5.74, 6) is -0.0211. The summed E-state index contributed by atoms with van der Waals surface area (Å²) >= 11 is 0. The number of pyridine rings is 1. The largest absolute Gasteiger partial charge is 0.379 e. The number of amides is 1. The van der Waals surface area contributed by atoms with Crippen molar-refractivity contribution >= 4 is 16.8 Å². The maximum absolute atomic E-state index is 12.5. The number of hydrogen-bond donors (Lipinski definition) is 1. The van der Waals surface area contributed by atoms with Gasteiger partial charge in [-0.1, -0.05) is 12.1 Å². The van der Waals surface area contributed by atoms with Crippen molar-refractivity contribution in [3.8, 4) is 0 Å². The van der Waals surface area contributed by atoms with Crippen molar-refractivity contribution in [3.05, 3.63) is 71.0 Å². The average Bonchev–Trinajstić information content (AvgIpc) is 3.11. The summed E-state index contributed by atoms with van der Waals surface area (Å²) in [6.07, 6.45) is 5.75. The standard InChI is InChI=1S/C20H20N4O3/c25-19(10-24-13-22-17-4-2-1-3-16(17)20(24)26)23-18-12-27-11-15(18)9-14-5-7-21-8-6-14/h1-8,13,15,18H,9-12H2,(H,23,25)/t15-,18+/m1/s1. The zero-order valence-corrected chi connectivity index (χ0v) is 14.7. The third kappa shape index (κ3) is 3.88. The Morgan fingerprint density at radius 2 is 2.00 bits per heavy atom. The molecule has 1 saturated heterocycles. The third-order valence-corrected chi connectivity index (χ3v) is 4.84. The van der Waals surface area contributed by atoms with Crippen molar-refractivity contribution in [2.45, 2.75) is 19.0 Å². The second kappa shape index (κ2) is 7.67. The number of nitrogens with one attached hydrogen (secondary N) is 1. The Balaban J connectivity index is 1.43. The molecule has 7 heteroatoms. The van der Waals surface area contributed by atoms with Crippen molar-refractivity contribution < 1.29 is 9.53 Å². The molecular weight excluding hydrogens is 344 g/mol. The lowest BCUT2D eigenvalue weighted by atomic mass is 9.95. The number of carbonyl (C=O) groups excluding carboxylic acids is 1. The monoisotopic (exact) mass is 364 g/mol. The minimum atomic E-state index is -0.218. The Morgan fingerprint density at radius 1 is 1.19 bits per heavy atom. The van der Waals surface area contributed by atoms with Gasteiger partial charge in [0, 0.05) is 18.3 Å². The van der Waals surface area contributed by atoms with Gasteiger partial charge in [-0.2, -0.15) is 0 Å². The average molecular weight is 364 g/mol. The Morgan fingerprint density at radius 3 is 2.85 bits per heavy atom. The number of fused-ring (bicyclic) bond motifs is 1. The molecule has 2 aromatic heterocycles. The van der Waals surface area contributed by atoms with Gasteiger partial charge in [-0.3, -0.25) is 19.1 Å². The Bertz CT molecular complexity index is 1000. The molecule has 3 aromatic rings. The number of hydrogen-bond acceptors (Lipinski definition) is 5. The Kier molecular flexibility index (Phi) is 4.93.